The molecule has 3 N–H and O–H groups in total. The van der Waals surface area contributed by atoms with E-state index in [4.69, 9.17) is 40.2 Å². The number of rotatable bonds is 6. The number of aromatic hydroxyl groups is 1. The van der Waals surface area contributed by atoms with Gasteiger partial charge in [-0.15, -0.1) is 0 Å². The fraction of sp³-hybridized carbons (Fsp3) is 0.176. The predicted octanol–water partition coefficient (Wildman–Crippen LogP) is 4.37. The molecule has 2 aromatic carbocycles. The molecule has 0 spiro atoms. The van der Waals surface area contributed by atoms with Crippen LogP contribution in [-0.4, -0.2) is 22.7 Å². The molecule has 0 unspecified atom stereocenters. The number of thiocarbonyl (C=S) groups is 1. The molecule has 0 heterocycles. The normalized spacial score (nSPS) is 10.2. The molecule has 0 atom stereocenters. The number of anilines is 1. The topological polar surface area (TPSA) is 70.6 Å². The van der Waals surface area contributed by atoms with Gasteiger partial charge in [0.1, 0.15) is 11.5 Å². The molecular formula is C17H16Cl2N2O3S. The molecule has 0 aliphatic rings. The van der Waals surface area contributed by atoms with E-state index < -0.39 is 0 Å². The number of hydrogen-bond donors (Lipinski definition) is 3. The lowest BCUT2D eigenvalue weighted by Gasteiger charge is -2.10. The molecule has 0 saturated carbocycles. The SMILES string of the molecule is O=C(CCCOc1ccc(Cl)cc1Cl)NC(=S)Nc1cccc(O)c1. The lowest BCUT2D eigenvalue weighted by atomic mass is 10.3. The molecule has 0 aliphatic heterocycles. The summed E-state index contributed by atoms with van der Waals surface area (Å²) in [6.07, 6.45) is 0.743. The Morgan fingerprint density at radius 3 is 2.72 bits per heavy atom. The average Bonchev–Trinajstić information content (AvgIpc) is 2.53. The van der Waals surface area contributed by atoms with Gasteiger partial charge >= 0.3 is 0 Å². The van der Waals surface area contributed by atoms with Crippen molar-refractivity contribution in [2.45, 2.75) is 12.8 Å². The first kappa shape index (κ1) is 19.3. The molecule has 0 saturated heterocycles. The highest BCUT2D eigenvalue weighted by Gasteiger charge is 2.07. The van der Waals surface area contributed by atoms with Gasteiger partial charge in [0.25, 0.3) is 0 Å². The van der Waals surface area contributed by atoms with Crippen LogP contribution in [0.25, 0.3) is 0 Å². The van der Waals surface area contributed by atoms with E-state index in [1.165, 1.54) is 6.07 Å². The maximum absolute atomic E-state index is 11.8. The van der Waals surface area contributed by atoms with Crippen LogP contribution in [0.3, 0.4) is 0 Å². The molecule has 25 heavy (non-hydrogen) atoms. The van der Waals surface area contributed by atoms with Gasteiger partial charge in [0.2, 0.25) is 5.91 Å². The van der Waals surface area contributed by atoms with Gasteiger partial charge in [-0.25, -0.2) is 0 Å². The number of carbonyl (C=O) groups excluding carboxylic acids is 1. The van der Waals surface area contributed by atoms with E-state index in [9.17, 15) is 9.90 Å². The fourth-order valence-electron chi connectivity index (χ4n) is 1.94. The number of hydrogen-bond acceptors (Lipinski definition) is 4. The van der Waals surface area contributed by atoms with Gasteiger partial charge < -0.3 is 20.5 Å². The van der Waals surface area contributed by atoms with Crippen LogP contribution in [0.15, 0.2) is 42.5 Å². The summed E-state index contributed by atoms with van der Waals surface area (Å²) in [6, 6.07) is 11.4. The molecule has 0 aliphatic carbocycles. The fourth-order valence-corrected chi connectivity index (χ4v) is 2.64. The third-order valence-electron chi connectivity index (χ3n) is 3.06. The molecule has 0 radical (unpaired) electrons. The van der Waals surface area contributed by atoms with Crippen LogP contribution >= 0.6 is 35.4 Å². The summed E-state index contributed by atoms with van der Waals surface area (Å²) in [5, 5.41) is 15.9. The molecule has 2 aromatic rings. The minimum absolute atomic E-state index is 0.108. The van der Waals surface area contributed by atoms with Crippen molar-refractivity contribution in [1.29, 1.82) is 0 Å². The lowest BCUT2D eigenvalue weighted by Crippen LogP contribution is -2.34. The van der Waals surface area contributed by atoms with Crippen molar-refractivity contribution in [2.24, 2.45) is 0 Å². The minimum atomic E-state index is -0.233. The Hall–Kier alpha value is -2.02. The van der Waals surface area contributed by atoms with Gasteiger partial charge in [0, 0.05) is 23.2 Å². The van der Waals surface area contributed by atoms with Crippen LogP contribution < -0.4 is 15.4 Å². The molecule has 0 aromatic heterocycles. The second-order valence-corrected chi connectivity index (χ2v) is 6.33. The summed E-state index contributed by atoms with van der Waals surface area (Å²) >= 11 is 16.9. The smallest absolute Gasteiger partial charge is 0.226 e. The zero-order valence-corrected chi connectivity index (χ0v) is 15.4. The summed E-state index contributed by atoms with van der Waals surface area (Å²) in [4.78, 5) is 11.8. The molecule has 132 valence electrons. The van der Waals surface area contributed by atoms with Crippen LogP contribution in [-0.2, 0) is 4.79 Å². The van der Waals surface area contributed by atoms with E-state index in [-0.39, 0.29) is 23.2 Å². The van der Waals surface area contributed by atoms with Gasteiger partial charge in [-0.1, -0.05) is 29.3 Å². The quantitative estimate of drug-likeness (QED) is 0.497. The summed E-state index contributed by atoms with van der Waals surface area (Å²) in [5.41, 5.74) is 0.589. The van der Waals surface area contributed by atoms with Crippen molar-refractivity contribution in [3.05, 3.63) is 52.5 Å². The number of phenolic OH excluding ortho intramolecular Hbond substituents is 1. The first-order valence-electron chi connectivity index (χ1n) is 7.42. The second-order valence-electron chi connectivity index (χ2n) is 5.08. The number of phenols is 1. The Bertz CT molecular complexity index is 771. The minimum Gasteiger partial charge on any atom is -0.508 e. The van der Waals surface area contributed by atoms with Crippen molar-refractivity contribution < 1.29 is 14.6 Å². The van der Waals surface area contributed by atoms with Gasteiger partial charge in [0.05, 0.1) is 11.6 Å². The molecule has 0 bridgehead atoms. The zero-order chi connectivity index (χ0) is 18.2. The van der Waals surface area contributed by atoms with E-state index in [0.29, 0.717) is 34.5 Å². The van der Waals surface area contributed by atoms with Crippen molar-refractivity contribution in [3.63, 3.8) is 0 Å². The maximum Gasteiger partial charge on any atom is 0.226 e. The van der Waals surface area contributed by atoms with E-state index in [1.54, 1.807) is 36.4 Å². The van der Waals surface area contributed by atoms with Crippen LogP contribution in [0, 0.1) is 0 Å². The highest BCUT2D eigenvalue weighted by Crippen LogP contribution is 2.27. The van der Waals surface area contributed by atoms with Crippen molar-refractivity contribution in [3.8, 4) is 11.5 Å². The lowest BCUT2D eigenvalue weighted by molar-refractivity contribution is -0.119. The van der Waals surface area contributed by atoms with Crippen molar-refractivity contribution in [2.75, 3.05) is 11.9 Å². The van der Waals surface area contributed by atoms with Gasteiger partial charge in [-0.05, 0) is 49.0 Å². The van der Waals surface area contributed by atoms with Gasteiger partial charge in [-0.2, -0.15) is 0 Å². The Morgan fingerprint density at radius 2 is 2.00 bits per heavy atom. The van der Waals surface area contributed by atoms with Crippen LogP contribution in [0.1, 0.15) is 12.8 Å². The highest BCUT2D eigenvalue weighted by atomic mass is 35.5. The standard InChI is InChI=1S/C17H16Cl2N2O3S/c18-11-6-7-15(14(19)9-11)24-8-2-5-16(23)21-17(25)20-12-3-1-4-13(22)10-12/h1,3-4,6-7,9-10,22H,2,5,8H2,(H2,20,21,23,25). The number of carbonyl (C=O) groups is 1. The van der Waals surface area contributed by atoms with E-state index in [0.717, 1.165) is 0 Å². The molecule has 8 heteroatoms. The second kappa shape index (κ2) is 9.46. The maximum atomic E-state index is 11.8. The van der Waals surface area contributed by atoms with Crippen LogP contribution in [0.2, 0.25) is 10.0 Å². The Kier molecular flexibility index (Phi) is 7.31. The monoisotopic (exact) mass is 398 g/mol. The van der Waals surface area contributed by atoms with Crippen LogP contribution in [0.5, 0.6) is 11.5 Å². The van der Waals surface area contributed by atoms with E-state index in [1.807, 2.05) is 0 Å². The highest BCUT2D eigenvalue weighted by molar-refractivity contribution is 7.80. The Morgan fingerprint density at radius 1 is 1.20 bits per heavy atom. The Balaban J connectivity index is 1.69. The summed E-state index contributed by atoms with van der Waals surface area (Å²) < 4.78 is 5.51. The molecular weight excluding hydrogens is 383 g/mol. The van der Waals surface area contributed by atoms with Crippen molar-refractivity contribution >= 4 is 52.1 Å². The predicted molar refractivity (Wildman–Crippen MR) is 104 cm³/mol. The number of ether oxygens (including phenoxy) is 1. The first-order chi connectivity index (χ1) is 11.9. The zero-order valence-electron chi connectivity index (χ0n) is 13.1. The van der Waals surface area contributed by atoms with Gasteiger partial charge in [0.15, 0.2) is 5.11 Å². The van der Waals surface area contributed by atoms with Crippen molar-refractivity contribution in [1.82, 2.24) is 5.32 Å². The largest absolute Gasteiger partial charge is 0.508 e. The first-order valence-corrected chi connectivity index (χ1v) is 8.58. The third kappa shape index (κ3) is 6.78. The van der Waals surface area contributed by atoms with E-state index >= 15 is 0 Å². The summed E-state index contributed by atoms with van der Waals surface area (Å²) in [5.74, 6) is 0.396. The number of nitrogens with one attached hydrogen (secondary N) is 2. The van der Waals surface area contributed by atoms with E-state index in [2.05, 4.69) is 10.6 Å². The molecule has 0 fully saturated rings. The molecule has 5 nitrogen and oxygen atoms in total. The number of benzene rings is 2. The molecule has 2 rings (SSSR count). The Labute approximate surface area is 160 Å². The number of halogens is 2. The number of amides is 1. The third-order valence-corrected chi connectivity index (χ3v) is 3.79. The molecule has 1 amide bonds. The summed E-state index contributed by atoms with van der Waals surface area (Å²) in [7, 11) is 0. The summed E-state index contributed by atoms with van der Waals surface area (Å²) in [6.45, 7) is 0.335. The van der Waals surface area contributed by atoms with Gasteiger partial charge in [-0.3, -0.25) is 4.79 Å². The average molecular weight is 399 g/mol. The van der Waals surface area contributed by atoms with Crippen LogP contribution in [0.4, 0.5) is 5.69 Å².